The number of aryl methyl sites for hydroxylation is 1. The van der Waals surface area contributed by atoms with E-state index in [1.165, 1.54) is 5.56 Å². The van der Waals surface area contributed by atoms with E-state index in [1.54, 1.807) is 7.11 Å². The number of methoxy groups -OCH3 is 1. The van der Waals surface area contributed by atoms with E-state index in [0.717, 1.165) is 37.9 Å². The number of hydrogen-bond donors (Lipinski definition) is 1. The lowest BCUT2D eigenvalue weighted by atomic mass is 9.78. The minimum Gasteiger partial charge on any atom is -0.384 e. The number of ether oxygens (including phenoxy) is 1. The van der Waals surface area contributed by atoms with Crippen LogP contribution in [0.2, 0.25) is 0 Å². The van der Waals surface area contributed by atoms with Crippen molar-refractivity contribution in [1.82, 2.24) is 15.1 Å². The molecule has 0 aromatic heterocycles. The fraction of sp³-hybridized carbons (Fsp3) is 0.619. The number of nitrogens with zero attached hydrogens (tertiary/aromatic N) is 2. The van der Waals surface area contributed by atoms with Gasteiger partial charge in [0.15, 0.2) is 0 Å². The zero-order valence-corrected chi connectivity index (χ0v) is 17.7. The average Bonchev–Trinajstić information content (AvgIpc) is 2.74. The summed E-state index contributed by atoms with van der Waals surface area (Å²) in [6, 6.07) is 7.83. The first-order valence-electron chi connectivity index (χ1n) is 9.97. The Kier molecular flexibility index (Phi) is 8.28. The molecule has 0 aliphatic carbocycles. The molecule has 3 rings (SSSR count). The molecule has 2 amide bonds. The molecule has 156 valence electrons. The highest BCUT2D eigenvalue weighted by atomic mass is 35.5. The normalized spacial score (nSPS) is 19.1. The van der Waals surface area contributed by atoms with Gasteiger partial charge < -0.3 is 19.9 Å². The molecule has 1 N–H and O–H groups in total. The molecule has 2 aliphatic heterocycles. The Hall–Kier alpha value is -1.63. The van der Waals surface area contributed by atoms with Crippen LogP contribution in [-0.2, 0) is 16.0 Å². The van der Waals surface area contributed by atoms with Gasteiger partial charge in [-0.05, 0) is 50.0 Å². The van der Waals surface area contributed by atoms with Gasteiger partial charge in [-0.15, -0.1) is 12.4 Å². The van der Waals surface area contributed by atoms with Crippen LogP contribution in [0.1, 0.15) is 35.7 Å². The van der Waals surface area contributed by atoms with E-state index >= 15 is 0 Å². The Balaban J connectivity index is 0.00000280. The predicted molar refractivity (Wildman–Crippen MR) is 112 cm³/mol. The number of amides is 2. The first kappa shape index (κ1) is 22.7. The molecule has 1 aromatic rings. The fourth-order valence-corrected chi connectivity index (χ4v) is 4.12. The predicted octanol–water partition coefficient (Wildman–Crippen LogP) is 1.97. The number of carbonyl (C=O) groups excluding carboxylic acids is 2. The van der Waals surface area contributed by atoms with Crippen LogP contribution in [0.15, 0.2) is 24.3 Å². The molecule has 2 saturated heterocycles. The highest BCUT2D eigenvalue weighted by Crippen LogP contribution is 2.32. The topological polar surface area (TPSA) is 61.9 Å². The second-order valence-electron chi connectivity index (χ2n) is 7.60. The van der Waals surface area contributed by atoms with E-state index in [1.807, 2.05) is 34.1 Å². The van der Waals surface area contributed by atoms with Crippen molar-refractivity contribution in [3.05, 3.63) is 35.4 Å². The van der Waals surface area contributed by atoms with Crippen molar-refractivity contribution in [3.63, 3.8) is 0 Å². The fourth-order valence-electron chi connectivity index (χ4n) is 4.12. The van der Waals surface area contributed by atoms with Gasteiger partial charge in [-0.1, -0.05) is 19.1 Å². The van der Waals surface area contributed by atoms with Crippen molar-refractivity contribution in [2.24, 2.45) is 5.41 Å². The number of benzene rings is 1. The van der Waals surface area contributed by atoms with Crippen LogP contribution in [0.5, 0.6) is 0 Å². The summed E-state index contributed by atoms with van der Waals surface area (Å²) < 4.78 is 5.39. The van der Waals surface area contributed by atoms with E-state index in [9.17, 15) is 9.59 Å². The minimum atomic E-state index is -0.415. The Morgan fingerprint density at radius 2 is 1.61 bits per heavy atom. The number of rotatable bonds is 5. The lowest BCUT2D eigenvalue weighted by molar-refractivity contribution is -0.149. The summed E-state index contributed by atoms with van der Waals surface area (Å²) in [7, 11) is 1.66. The van der Waals surface area contributed by atoms with Crippen molar-refractivity contribution in [1.29, 1.82) is 0 Å². The molecule has 0 bridgehead atoms. The number of halogens is 1. The minimum absolute atomic E-state index is 0. The molecule has 0 unspecified atom stereocenters. The van der Waals surface area contributed by atoms with Crippen LogP contribution in [0.3, 0.4) is 0 Å². The quantitative estimate of drug-likeness (QED) is 0.807. The smallest absolute Gasteiger partial charge is 0.253 e. The van der Waals surface area contributed by atoms with Crippen LogP contribution < -0.4 is 5.32 Å². The molecule has 2 heterocycles. The van der Waals surface area contributed by atoms with Gasteiger partial charge in [-0.2, -0.15) is 0 Å². The van der Waals surface area contributed by atoms with Gasteiger partial charge in [-0.3, -0.25) is 9.59 Å². The molecule has 7 heteroatoms. The number of piperazine rings is 1. The van der Waals surface area contributed by atoms with E-state index in [-0.39, 0.29) is 24.2 Å². The summed E-state index contributed by atoms with van der Waals surface area (Å²) in [5, 5.41) is 3.32. The third-order valence-electron chi connectivity index (χ3n) is 5.90. The SMILES string of the molecule is CCc1ccc(C(=O)N2CCN(C(=O)C3(COC)CCNCC3)CC2)cc1.Cl. The lowest BCUT2D eigenvalue weighted by Gasteiger charge is -2.42. The molecular weight excluding hydrogens is 378 g/mol. The Morgan fingerprint density at radius 1 is 1.04 bits per heavy atom. The second kappa shape index (κ2) is 10.2. The Labute approximate surface area is 174 Å². The maximum atomic E-state index is 13.2. The van der Waals surface area contributed by atoms with E-state index in [2.05, 4.69) is 12.2 Å². The van der Waals surface area contributed by atoms with Crippen LogP contribution in [0.25, 0.3) is 0 Å². The first-order chi connectivity index (χ1) is 13.1. The highest BCUT2D eigenvalue weighted by molar-refractivity contribution is 5.94. The van der Waals surface area contributed by atoms with E-state index < -0.39 is 5.41 Å². The third-order valence-corrected chi connectivity index (χ3v) is 5.90. The summed E-state index contributed by atoms with van der Waals surface area (Å²) in [5.74, 6) is 0.239. The summed E-state index contributed by atoms with van der Waals surface area (Å²) >= 11 is 0. The monoisotopic (exact) mass is 409 g/mol. The van der Waals surface area contributed by atoms with Gasteiger partial charge in [-0.25, -0.2) is 0 Å². The molecule has 0 atom stereocenters. The maximum Gasteiger partial charge on any atom is 0.253 e. The zero-order chi connectivity index (χ0) is 19.3. The van der Waals surface area contributed by atoms with Crippen LogP contribution in [0.4, 0.5) is 0 Å². The molecule has 28 heavy (non-hydrogen) atoms. The van der Waals surface area contributed by atoms with Crippen LogP contribution in [-0.4, -0.2) is 74.6 Å². The summed E-state index contributed by atoms with van der Waals surface area (Å²) in [6.45, 7) is 6.63. The van der Waals surface area contributed by atoms with E-state index in [4.69, 9.17) is 4.74 Å². The number of piperidine rings is 1. The molecule has 2 fully saturated rings. The van der Waals surface area contributed by atoms with Gasteiger partial charge in [0.25, 0.3) is 5.91 Å². The standard InChI is InChI=1S/C21H31N3O3.ClH/c1-3-17-4-6-18(7-5-17)19(25)23-12-14-24(15-13-23)20(26)21(16-27-2)8-10-22-11-9-21;/h4-7,22H,3,8-16H2,1-2H3;1H. The van der Waals surface area contributed by atoms with Crippen LogP contribution in [0, 0.1) is 5.41 Å². The third kappa shape index (κ3) is 4.85. The molecule has 0 saturated carbocycles. The molecule has 6 nitrogen and oxygen atoms in total. The number of hydrogen-bond acceptors (Lipinski definition) is 4. The van der Waals surface area contributed by atoms with Crippen molar-refractivity contribution in [2.45, 2.75) is 26.2 Å². The number of carbonyl (C=O) groups is 2. The van der Waals surface area contributed by atoms with Gasteiger partial charge in [0, 0.05) is 38.9 Å². The maximum absolute atomic E-state index is 13.2. The van der Waals surface area contributed by atoms with Crippen molar-refractivity contribution in [3.8, 4) is 0 Å². The average molecular weight is 410 g/mol. The van der Waals surface area contributed by atoms with Gasteiger partial charge >= 0.3 is 0 Å². The second-order valence-corrected chi connectivity index (χ2v) is 7.60. The largest absolute Gasteiger partial charge is 0.384 e. The van der Waals surface area contributed by atoms with Crippen molar-refractivity contribution >= 4 is 24.2 Å². The number of nitrogens with one attached hydrogen (secondary N) is 1. The van der Waals surface area contributed by atoms with Gasteiger partial charge in [0.2, 0.25) is 5.91 Å². The highest BCUT2D eigenvalue weighted by Gasteiger charge is 2.43. The van der Waals surface area contributed by atoms with Gasteiger partial charge in [0.1, 0.15) is 0 Å². The first-order valence-corrected chi connectivity index (χ1v) is 9.97. The van der Waals surface area contributed by atoms with Crippen LogP contribution >= 0.6 is 12.4 Å². The summed E-state index contributed by atoms with van der Waals surface area (Å²) in [4.78, 5) is 29.7. The van der Waals surface area contributed by atoms with E-state index in [0.29, 0.717) is 32.8 Å². The molecular formula is C21H32ClN3O3. The summed E-state index contributed by atoms with van der Waals surface area (Å²) in [5.41, 5.74) is 1.54. The Morgan fingerprint density at radius 3 is 2.14 bits per heavy atom. The summed E-state index contributed by atoms with van der Waals surface area (Å²) in [6.07, 6.45) is 2.58. The molecule has 1 aromatic carbocycles. The molecule has 2 aliphatic rings. The molecule has 0 radical (unpaired) electrons. The lowest BCUT2D eigenvalue weighted by Crippen LogP contribution is -2.57. The Bertz CT molecular complexity index is 646. The van der Waals surface area contributed by atoms with Crippen molar-refractivity contribution < 1.29 is 14.3 Å². The zero-order valence-electron chi connectivity index (χ0n) is 16.9. The van der Waals surface area contributed by atoms with Gasteiger partial charge in [0.05, 0.1) is 12.0 Å². The molecule has 0 spiro atoms. The van der Waals surface area contributed by atoms with Crippen molar-refractivity contribution in [2.75, 3.05) is 53.0 Å².